The van der Waals surface area contributed by atoms with E-state index in [2.05, 4.69) is 9.88 Å². The van der Waals surface area contributed by atoms with Crippen LogP contribution in [0.25, 0.3) is 11.1 Å². The lowest BCUT2D eigenvalue weighted by atomic mass is 10.2. The van der Waals surface area contributed by atoms with Crippen LogP contribution in [0.2, 0.25) is 0 Å². The topological polar surface area (TPSA) is 63.4 Å². The summed E-state index contributed by atoms with van der Waals surface area (Å²) < 4.78 is 30.1. The molecule has 2 atom stereocenters. The Labute approximate surface area is 117 Å². The zero-order valence-corrected chi connectivity index (χ0v) is 11.8. The zero-order valence-electron chi connectivity index (χ0n) is 11.0. The van der Waals surface area contributed by atoms with Gasteiger partial charge in [-0.3, -0.25) is 0 Å². The second kappa shape index (κ2) is 4.22. The maximum absolute atomic E-state index is 12.1. The van der Waals surface area contributed by atoms with Crippen LogP contribution < -0.4 is 4.90 Å². The van der Waals surface area contributed by atoms with E-state index in [4.69, 9.17) is 4.42 Å². The van der Waals surface area contributed by atoms with Gasteiger partial charge in [0, 0.05) is 6.54 Å². The first-order valence-corrected chi connectivity index (χ1v) is 8.70. The van der Waals surface area contributed by atoms with Gasteiger partial charge in [0.2, 0.25) is 0 Å². The summed E-state index contributed by atoms with van der Waals surface area (Å²) in [5.41, 5.74) is 1.58. The van der Waals surface area contributed by atoms with Crippen LogP contribution in [0.5, 0.6) is 0 Å². The van der Waals surface area contributed by atoms with Gasteiger partial charge < -0.3 is 9.32 Å². The molecule has 0 radical (unpaired) electrons. The van der Waals surface area contributed by atoms with Crippen molar-refractivity contribution in [1.82, 2.24) is 4.98 Å². The van der Waals surface area contributed by atoms with Gasteiger partial charge in [-0.1, -0.05) is 12.1 Å². The number of anilines is 1. The maximum atomic E-state index is 12.1. The van der Waals surface area contributed by atoms with E-state index in [1.165, 1.54) is 0 Å². The van der Waals surface area contributed by atoms with Crippen LogP contribution in [0.1, 0.15) is 19.3 Å². The third kappa shape index (κ3) is 1.74. The molecule has 6 heteroatoms. The van der Waals surface area contributed by atoms with E-state index in [0.29, 0.717) is 12.6 Å². The highest BCUT2D eigenvalue weighted by molar-refractivity contribution is 7.92. The number of aromatic nitrogens is 1. The molecular weight excluding hydrogens is 276 g/mol. The van der Waals surface area contributed by atoms with Crippen LogP contribution in [-0.4, -0.2) is 37.0 Å². The average molecular weight is 292 g/mol. The average Bonchev–Trinajstić information content (AvgIpc) is 3.05. The van der Waals surface area contributed by atoms with Crippen molar-refractivity contribution < 1.29 is 12.8 Å². The molecule has 0 bridgehead atoms. The van der Waals surface area contributed by atoms with Gasteiger partial charge in [0.15, 0.2) is 15.4 Å². The Morgan fingerprint density at radius 2 is 2.10 bits per heavy atom. The number of oxazole rings is 1. The largest absolute Gasteiger partial charge is 0.423 e. The number of hydrogen-bond acceptors (Lipinski definition) is 5. The first-order chi connectivity index (χ1) is 9.65. The molecule has 1 aromatic carbocycles. The number of benzene rings is 1. The van der Waals surface area contributed by atoms with Crippen molar-refractivity contribution in [2.75, 3.05) is 17.2 Å². The molecule has 1 saturated heterocycles. The molecule has 0 spiro atoms. The lowest BCUT2D eigenvalue weighted by molar-refractivity contribution is 0.491. The van der Waals surface area contributed by atoms with Crippen molar-refractivity contribution in [1.29, 1.82) is 0 Å². The lowest BCUT2D eigenvalue weighted by Crippen LogP contribution is -2.52. The Kier molecular flexibility index (Phi) is 2.57. The van der Waals surface area contributed by atoms with Crippen LogP contribution in [-0.2, 0) is 9.84 Å². The molecule has 2 aromatic rings. The second-order valence-corrected chi connectivity index (χ2v) is 7.90. The summed E-state index contributed by atoms with van der Waals surface area (Å²) in [6, 6.07) is 8.23. The first kappa shape index (κ1) is 12.2. The van der Waals surface area contributed by atoms with Gasteiger partial charge in [-0.05, 0) is 31.4 Å². The third-order valence-electron chi connectivity index (χ3n) is 4.42. The van der Waals surface area contributed by atoms with Crippen molar-refractivity contribution in [3.05, 3.63) is 24.3 Å². The number of hydrogen-bond donors (Lipinski definition) is 0. The Morgan fingerprint density at radius 1 is 1.25 bits per heavy atom. The minimum Gasteiger partial charge on any atom is -0.423 e. The van der Waals surface area contributed by atoms with Crippen molar-refractivity contribution in [3.63, 3.8) is 0 Å². The van der Waals surface area contributed by atoms with E-state index in [1.54, 1.807) is 0 Å². The van der Waals surface area contributed by atoms with Crippen molar-refractivity contribution in [2.24, 2.45) is 0 Å². The maximum Gasteiger partial charge on any atom is 0.298 e. The molecule has 5 nitrogen and oxygen atoms in total. The molecule has 2 aliphatic rings. The zero-order chi connectivity index (χ0) is 13.7. The summed E-state index contributed by atoms with van der Waals surface area (Å²) in [6.07, 6.45) is 2.64. The molecule has 20 heavy (non-hydrogen) atoms. The third-order valence-corrected chi connectivity index (χ3v) is 6.65. The van der Waals surface area contributed by atoms with Crippen LogP contribution >= 0.6 is 0 Å². The van der Waals surface area contributed by atoms with E-state index < -0.39 is 9.84 Å². The second-order valence-electron chi connectivity index (χ2n) is 5.56. The van der Waals surface area contributed by atoms with Gasteiger partial charge in [0.25, 0.3) is 6.01 Å². The Hall–Kier alpha value is -1.56. The van der Waals surface area contributed by atoms with Crippen LogP contribution in [0.15, 0.2) is 28.7 Å². The molecule has 0 unspecified atom stereocenters. The first-order valence-electron chi connectivity index (χ1n) is 6.99. The number of fused-ring (bicyclic) bond motifs is 2. The smallest absolute Gasteiger partial charge is 0.298 e. The fourth-order valence-electron chi connectivity index (χ4n) is 3.45. The van der Waals surface area contributed by atoms with Gasteiger partial charge in [-0.25, -0.2) is 8.42 Å². The SMILES string of the molecule is O=S1(=O)CCN(c2nc3ccccc3o2)[C@H]2CCC[C@H]21. The highest BCUT2D eigenvalue weighted by Crippen LogP contribution is 2.36. The predicted octanol–water partition coefficient (Wildman–Crippen LogP) is 1.98. The summed E-state index contributed by atoms with van der Waals surface area (Å²) in [4.78, 5) is 6.56. The van der Waals surface area contributed by atoms with Gasteiger partial charge in [0.05, 0.1) is 17.0 Å². The van der Waals surface area contributed by atoms with Crippen LogP contribution in [0.3, 0.4) is 0 Å². The normalized spacial score (nSPS) is 28.7. The minimum absolute atomic E-state index is 0.0295. The Morgan fingerprint density at radius 3 is 2.95 bits per heavy atom. The summed E-state index contributed by atoms with van der Waals surface area (Å²) in [5, 5.41) is -0.244. The number of sulfone groups is 1. The fourth-order valence-corrected chi connectivity index (χ4v) is 5.49. The fraction of sp³-hybridized carbons (Fsp3) is 0.500. The minimum atomic E-state index is -2.94. The highest BCUT2D eigenvalue weighted by atomic mass is 32.2. The van der Waals surface area contributed by atoms with E-state index in [0.717, 1.165) is 30.4 Å². The van der Waals surface area contributed by atoms with E-state index in [-0.39, 0.29) is 17.0 Å². The van der Waals surface area contributed by atoms with Gasteiger partial charge in [-0.2, -0.15) is 4.98 Å². The molecule has 1 aromatic heterocycles. The molecule has 4 rings (SSSR count). The molecule has 1 saturated carbocycles. The molecule has 2 heterocycles. The highest BCUT2D eigenvalue weighted by Gasteiger charge is 2.45. The molecule has 0 amide bonds. The molecule has 1 aliphatic carbocycles. The molecule has 106 valence electrons. The van der Waals surface area contributed by atoms with Crippen LogP contribution in [0.4, 0.5) is 6.01 Å². The predicted molar refractivity (Wildman–Crippen MR) is 76.6 cm³/mol. The van der Waals surface area contributed by atoms with Crippen LogP contribution in [0, 0.1) is 0 Å². The summed E-state index contributed by atoms with van der Waals surface area (Å²) in [5.74, 6) is 0.201. The van der Waals surface area contributed by atoms with Crippen molar-refractivity contribution in [2.45, 2.75) is 30.6 Å². The van der Waals surface area contributed by atoms with Crippen molar-refractivity contribution in [3.8, 4) is 0 Å². The molecular formula is C14H16N2O3S. The molecule has 1 aliphatic heterocycles. The quantitative estimate of drug-likeness (QED) is 0.804. The standard InChI is InChI=1S/C14H16N2O3S/c17-20(18)9-8-16(11-5-3-7-13(11)20)14-15-10-4-1-2-6-12(10)19-14/h1-2,4,6,11,13H,3,5,7-9H2/t11-,13+/m0/s1. The molecule has 2 fully saturated rings. The van der Waals surface area contributed by atoms with E-state index in [1.807, 2.05) is 24.3 Å². The van der Waals surface area contributed by atoms with Gasteiger partial charge >= 0.3 is 0 Å². The summed E-state index contributed by atoms with van der Waals surface area (Å²) in [6.45, 7) is 0.482. The van der Waals surface area contributed by atoms with Crippen molar-refractivity contribution >= 4 is 27.0 Å². The number of rotatable bonds is 1. The Bertz CT molecular complexity index is 720. The summed E-state index contributed by atoms with van der Waals surface area (Å²) >= 11 is 0. The van der Waals surface area contributed by atoms with Gasteiger partial charge in [-0.15, -0.1) is 0 Å². The van der Waals surface area contributed by atoms with E-state index >= 15 is 0 Å². The van der Waals surface area contributed by atoms with E-state index in [9.17, 15) is 8.42 Å². The Balaban J connectivity index is 1.75. The molecule has 0 N–H and O–H groups in total. The number of nitrogens with zero attached hydrogens (tertiary/aromatic N) is 2. The lowest BCUT2D eigenvalue weighted by Gasteiger charge is -2.36. The number of para-hydroxylation sites is 2. The summed E-state index contributed by atoms with van der Waals surface area (Å²) in [7, 11) is -2.94. The monoisotopic (exact) mass is 292 g/mol. The van der Waals surface area contributed by atoms with Gasteiger partial charge in [0.1, 0.15) is 5.52 Å².